The number of Topliss-reactive ketones (excluding diaryl/α,β-unsaturated/α-hetero) is 2. The van der Waals surface area contributed by atoms with Crippen LogP contribution in [0.4, 0.5) is 4.79 Å². The number of likely N-dealkylation sites (tertiary alicyclic amines) is 1. The van der Waals surface area contributed by atoms with Crippen molar-refractivity contribution in [3.8, 4) is 0 Å². The van der Waals surface area contributed by atoms with Crippen LogP contribution in [0, 0.1) is 17.3 Å². The van der Waals surface area contributed by atoms with E-state index in [1.807, 2.05) is 41.5 Å². The lowest BCUT2D eigenvalue weighted by Crippen LogP contribution is -2.61. The minimum Gasteiger partial charge on any atom is -0.346 e. The third-order valence-electron chi connectivity index (χ3n) is 7.31. The van der Waals surface area contributed by atoms with Gasteiger partial charge >= 0.3 is 6.03 Å². The summed E-state index contributed by atoms with van der Waals surface area (Å²) < 4.78 is 0. The number of nitrogens with one attached hydrogen (secondary N) is 4. The quantitative estimate of drug-likeness (QED) is 0.188. The SMILES string of the molecule is C=CCNC(=O)C(=O)C(CCC)NC(=O)C1CCCN1C(=O)C(NC(=O)NC(C(=O)C1CC1)C(C)C)C(C)(C)C. The number of urea groups is 1. The average molecular weight is 562 g/mol. The van der Waals surface area contributed by atoms with Gasteiger partial charge in [-0.15, -0.1) is 6.58 Å². The van der Waals surface area contributed by atoms with E-state index in [2.05, 4.69) is 27.8 Å². The number of rotatable bonds is 14. The molecule has 4 unspecified atom stereocenters. The lowest BCUT2D eigenvalue weighted by atomic mass is 9.85. The Morgan fingerprint density at radius 1 is 1.00 bits per heavy atom. The van der Waals surface area contributed by atoms with E-state index in [0.717, 1.165) is 12.8 Å². The molecular weight excluding hydrogens is 514 g/mol. The van der Waals surface area contributed by atoms with Crippen LogP contribution in [0.25, 0.3) is 0 Å². The van der Waals surface area contributed by atoms with Crippen LogP contribution in [0.3, 0.4) is 0 Å². The number of hydrogen-bond donors (Lipinski definition) is 4. The predicted molar refractivity (Wildman–Crippen MR) is 151 cm³/mol. The van der Waals surface area contributed by atoms with Crippen LogP contribution in [-0.4, -0.2) is 77.5 Å². The van der Waals surface area contributed by atoms with Gasteiger partial charge in [0.15, 0.2) is 5.78 Å². The second-order valence-corrected chi connectivity index (χ2v) is 12.2. The van der Waals surface area contributed by atoms with Gasteiger partial charge in [0.05, 0.1) is 12.1 Å². The van der Waals surface area contributed by atoms with Gasteiger partial charge in [-0.3, -0.25) is 24.0 Å². The predicted octanol–water partition coefficient (Wildman–Crippen LogP) is 1.85. The molecule has 11 nitrogen and oxygen atoms in total. The molecule has 40 heavy (non-hydrogen) atoms. The van der Waals surface area contributed by atoms with Gasteiger partial charge in [0, 0.05) is 19.0 Å². The average Bonchev–Trinajstić information content (AvgIpc) is 3.62. The fourth-order valence-corrected chi connectivity index (χ4v) is 4.86. The summed E-state index contributed by atoms with van der Waals surface area (Å²) in [5.74, 6) is -2.60. The topological polar surface area (TPSA) is 154 Å². The molecule has 0 spiro atoms. The lowest BCUT2D eigenvalue weighted by Gasteiger charge is -2.36. The highest BCUT2D eigenvalue weighted by Crippen LogP contribution is 2.32. The summed E-state index contributed by atoms with van der Waals surface area (Å²) in [6.07, 6.45) is 4.91. The maximum atomic E-state index is 13.8. The van der Waals surface area contributed by atoms with E-state index >= 15 is 0 Å². The molecule has 1 heterocycles. The summed E-state index contributed by atoms with van der Waals surface area (Å²) in [6, 6.07) is -4.09. The molecule has 4 atom stereocenters. The Labute approximate surface area is 237 Å². The molecule has 0 aromatic carbocycles. The molecule has 1 aliphatic carbocycles. The first-order valence-electron chi connectivity index (χ1n) is 14.4. The summed E-state index contributed by atoms with van der Waals surface area (Å²) >= 11 is 0. The van der Waals surface area contributed by atoms with Crippen molar-refractivity contribution in [2.75, 3.05) is 13.1 Å². The first-order chi connectivity index (χ1) is 18.7. The van der Waals surface area contributed by atoms with Gasteiger partial charge in [0.25, 0.3) is 5.91 Å². The summed E-state index contributed by atoms with van der Waals surface area (Å²) in [7, 11) is 0. The van der Waals surface area contributed by atoms with Crippen LogP contribution in [0.15, 0.2) is 12.7 Å². The third kappa shape index (κ3) is 8.89. The highest BCUT2D eigenvalue weighted by Gasteiger charge is 2.43. The van der Waals surface area contributed by atoms with Gasteiger partial charge in [-0.05, 0) is 43.4 Å². The molecule has 1 saturated heterocycles. The molecule has 11 heteroatoms. The fourth-order valence-electron chi connectivity index (χ4n) is 4.86. The Balaban J connectivity index is 2.15. The Kier molecular flexibility index (Phi) is 11.9. The van der Waals surface area contributed by atoms with Gasteiger partial charge in [0.1, 0.15) is 12.1 Å². The normalized spacial score (nSPS) is 19.3. The van der Waals surface area contributed by atoms with Crippen LogP contribution < -0.4 is 21.3 Å². The molecule has 0 aromatic rings. The van der Waals surface area contributed by atoms with Crippen molar-refractivity contribution in [1.29, 1.82) is 0 Å². The van der Waals surface area contributed by atoms with Gasteiger partial charge in [0.2, 0.25) is 17.6 Å². The number of ketones is 2. The minimum absolute atomic E-state index is 0.00872. The van der Waals surface area contributed by atoms with Crippen LogP contribution in [0.1, 0.15) is 80.1 Å². The van der Waals surface area contributed by atoms with Crippen LogP contribution >= 0.6 is 0 Å². The van der Waals surface area contributed by atoms with Crippen LogP contribution in [0.2, 0.25) is 0 Å². The van der Waals surface area contributed by atoms with Crippen molar-refractivity contribution in [3.63, 3.8) is 0 Å². The highest BCUT2D eigenvalue weighted by molar-refractivity contribution is 6.38. The molecule has 0 radical (unpaired) electrons. The number of amides is 5. The second kappa shape index (κ2) is 14.4. The standard InChI is InChI=1S/C29H47N5O6/c1-8-11-19(23(36)26(38)30-15-9-2)31-25(37)20-12-10-16-34(20)27(39)24(29(5,6)7)33-28(40)32-21(17(3)4)22(35)18-13-14-18/h9,17-21,24H,2,8,10-16H2,1,3-7H3,(H,30,38)(H,31,37)(H2,32,33,40). The maximum absolute atomic E-state index is 13.8. The molecular formula is C29H47N5O6. The molecule has 1 aliphatic heterocycles. The minimum atomic E-state index is -1.01. The van der Waals surface area contributed by atoms with Crippen molar-refractivity contribution < 1.29 is 28.8 Å². The third-order valence-corrected chi connectivity index (χ3v) is 7.31. The molecule has 0 aromatic heterocycles. The molecule has 0 bridgehead atoms. The smallest absolute Gasteiger partial charge is 0.316 e. The first kappa shape index (κ1) is 33.0. The van der Waals surface area contributed by atoms with Crippen molar-refractivity contribution in [2.45, 2.75) is 104 Å². The zero-order valence-corrected chi connectivity index (χ0v) is 24.8. The van der Waals surface area contributed by atoms with Gasteiger partial charge in [-0.2, -0.15) is 0 Å². The van der Waals surface area contributed by atoms with Crippen molar-refractivity contribution in [3.05, 3.63) is 12.7 Å². The molecule has 2 rings (SSSR count). The summed E-state index contributed by atoms with van der Waals surface area (Å²) in [5, 5.41) is 10.7. The van der Waals surface area contributed by atoms with Crippen molar-refractivity contribution in [2.24, 2.45) is 17.3 Å². The number of nitrogens with zero attached hydrogens (tertiary/aromatic N) is 1. The largest absolute Gasteiger partial charge is 0.346 e. The van der Waals surface area contributed by atoms with Crippen LogP contribution in [-0.2, 0) is 24.0 Å². The molecule has 2 fully saturated rings. The molecule has 224 valence electrons. The van der Waals surface area contributed by atoms with Crippen LogP contribution in [0.5, 0.6) is 0 Å². The maximum Gasteiger partial charge on any atom is 0.316 e. The van der Waals surface area contributed by atoms with E-state index in [-0.39, 0.29) is 30.6 Å². The van der Waals surface area contributed by atoms with Gasteiger partial charge in [-0.1, -0.05) is 54.0 Å². The number of carbonyl (C=O) groups is 6. The van der Waals surface area contributed by atoms with Crippen molar-refractivity contribution in [1.82, 2.24) is 26.2 Å². The van der Waals surface area contributed by atoms with Gasteiger partial charge < -0.3 is 26.2 Å². The monoisotopic (exact) mass is 561 g/mol. The first-order valence-corrected chi connectivity index (χ1v) is 14.4. The Morgan fingerprint density at radius 3 is 2.17 bits per heavy atom. The van der Waals surface area contributed by atoms with E-state index in [9.17, 15) is 28.8 Å². The number of carbonyl (C=O) groups excluding carboxylic acids is 6. The van der Waals surface area contributed by atoms with E-state index in [0.29, 0.717) is 25.8 Å². The zero-order chi connectivity index (χ0) is 30.2. The van der Waals surface area contributed by atoms with Crippen molar-refractivity contribution >= 4 is 35.3 Å². The van der Waals surface area contributed by atoms with E-state index in [1.165, 1.54) is 11.0 Å². The molecule has 5 amide bonds. The Bertz CT molecular complexity index is 984. The molecule has 1 saturated carbocycles. The highest BCUT2D eigenvalue weighted by atomic mass is 16.2. The summed E-state index contributed by atoms with van der Waals surface area (Å²) in [4.78, 5) is 79.1. The molecule has 2 aliphatic rings. The zero-order valence-electron chi connectivity index (χ0n) is 24.8. The van der Waals surface area contributed by atoms with E-state index < -0.39 is 59.1 Å². The van der Waals surface area contributed by atoms with Gasteiger partial charge in [-0.25, -0.2) is 4.79 Å². The summed E-state index contributed by atoms with van der Waals surface area (Å²) in [6.45, 7) is 15.0. The Hall–Kier alpha value is -3.24. The summed E-state index contributed by atoms with van der Waals surface area (Å²) in [5.41, 5.74) is -0.699. The van der Waals surface area contributed by atoms with E-state index in [1.54, 1.807) is 0 Å². The Morgan fingerprint density at radius 2 is 1.65 bits per heavy atom. The lowest BCUT2D eigenvalue weighted by molar-refractivity contribution is -0.143. The van der Waals surface area contributed by atoms with E-state index in [4.69, 9.17) is 0 Å². The second-order valence-electron chi connectivity index (χ2n) is 12.2. The number of hydrogen-bond acceptors (Lipinski definition) is 6. The molecule has 4 N–H and O–H groups in total. The fraction of sp³-hybridized carbons (Fsp3) is 0.724.